The Kier molecular flexibility index (Phi) is 9.70. The second-order valence-corrected chi connectivity index (χ2v) is 27.1. The first-order chi connectivity index (χ1) is 31.7. The molecular weight excluding hydrogens is 820 g/mol. The minimum Gasteiger partial charge on any atom is -0.311 e. The number of hydrogen-bond donors (Lipinski definition) is 0. The van der Waals surface area contributed by atoms with Gasteiger partial charge in [-0.25, -0.2) is 0 Å². The molecule has 3 heteroatoms. The molecule has 6 aromatic rings. The lowest BCUT2D eigenvalue weighted by Crippen LogP contribution is -2.62. The molecular formula is C65H77BN2. The number of hydrogen-bond acceptors (Lipinski definition) is 2. The van der Waals surface area contributed by atoms with E-state index in [4.69, 9.17) is 0 Å². The molecule has 11 rings (SSSR count). The molecule has 0 aromatic heterocycles. The van der Waals surface area contributed by atoms with Crippen molar-refractivity contribution in [2.45, 2.75) is 187 Å². The van der Waals surface area contributed by atoms with Gasteiger partial charge in [0.25, 0.3) is 6.71 Å². The Morgan fingerprint density at radius 3 is 1.43 bits per heavy atom. The van der Waals surface area contributed by atoms with Crippen LogP contribution in [0.5, 0.6) is 0 Å². The maximum absolute atomic E-state index is 2.74. The molecule has 0 saturated carbocycles. The highest BCUT2D eigenvalue weighted by molar-refractivity contribution is 7.00. The number of anilines is 6. The first-order valence-corrected chi connectivity index (χ1v) is 26.2. The summed E-state index contributed by atoms with van der Waals surface area (Å²) < 4.78 is 0. The second kappa shape index (κ2) is 14.5. The number of fused-ring (bicyclic) bond motifs is 7. The SMILES string of the molecule is Cc1cc2c(cc1N1c3cc(-c4ccccc4)ccc3B3c4cc5c(cc4N(c4ccc6c(c4)C(C)(C)CCC6(C)C)c4cc(C(C)(C)C)cc1c43)C(C)(C)CCC5(C)C)C(C)(C)CCC2(C)C. The van der Waals surface area contributed by atoms with Crippen LogP contribution in [-0.2, 0) is 37.9 Å². The van der Waals surface area contributed by atoms with E-state index in [1.165, 1.54) is 145 Å². The monoisotopic (exact) mass is 897 g/mol. The number of nitrogens with zero attached hydrogens (tertiary/aromatic N) is 2. The Balaban J connectivity index is 1.29. The molecule has 3 aliphatic carbocycles. The molecule has 6 aromatic carbocycles. The van der Waals surface area contributed by atoms with Gasteiger partial charge in [0, 0.05) is 34.1 Å². The second-order valence-electron chi connectivity index (χ2n) is 27.1. The topological polar surface area (TPSA) is 6.48 Å². The predicted octanol–water partition coefficient (Wildman–Crippen LogP) is 16.1. The van der Waals surface area contributed by atoms with Gasteiger partial charge >= 0.3 is 0 Å². The van der Waals surface area contributed by atoms with Crippen LogP contribution in [0.2, 0.25) is 0 Å². The van der Waals surface area contributed by atoms with Crippen molar-refractivity contribution in [3.8, 4) is 11.1 Å². The van der Waals surface area contributed by atoms with E-state index in [1.807, 2.05) is 0 Å². The standard InChI is InChI=1S/C65H77BN2/c1-40-32-46-49(64(13,14)30-28-61(46,7)8)38-53(40)68-54-33-42(41-20-18-17-19-21-41)22-25-51(54)66-52-37-48-50(65(15,16)31-29-63(48,11)12)39-55(52)67(56-34-43(59(2,3)4)35-57(68)58(56)66)44-23-24-45-47(36-44)62(9,10)27-26-60(45,5)6/h17-25,32-39H,26-31H2,1-16H3. The van der Waals surface area contributed by atoms with E-state index in [0.29, 0.717) is 0 Å². The van der Waals surface area contributed by atoms with Crippen LogP contribution in [0.1, 0.15) is 187 Å². The third-order valence-electron chi connectivity index (χ3n) is 18.5. The average Bonchev–Trinajstić information content (AvgIpc) is 3.27. The first kappa shape index (κ1) is 45.4. The van der Waals surface area contributed by atoms with E-state index >= 15 is 0 Å². The Morgan fingerprint density at radius 1 is 0.397 bits per heavy atom. The molecule has 0 atom stereocenters. The fourth-order valence-corrected chi connectivity index (χ4v) is 13.5. The van der Waals surface area contributed by atoms with Gasteiger partial charge in [0.15, 0.2) is 0 Å². The third kappa shape index (κ3) is 6.77. The van der Waals surface area contributed by atoms with Crippen LogP contribution >= 0.6 is 0 Å². The molecule has 0 unspecified atom stereocenters. The first-order valence-electron chi connectivity index (χ1n) is 26.2. The molecule has 0 radical (unpaired) electrons. The van der Waals surface area contributed by atoms with Gasteiger partial charge < -0.3 is 9.80 Å². The lowest BCUT2D eigenvalue weighted by atomic mass is 9.33. The molecule has 2 aliphatic heterocycles. The summed E-state index contributed by atoms with van der Waals surface area (Å²) in [5, 5.41) is 0. The van der Waals surface area contributed by atoms with Crippen molar-refractivity contribution in [3.05, 3.63) is 148 Å². The predicted molar refractivity (Wildman–Crippen MR) is 295 cm³/mol. The van der Waals surface area contributed by atoms with Gasteiger partial charge in [0.1, 0.15) is 0 Å². The number of rotatable bonds is 3. The highest BCUT2D eigenvalue weighted by Gasteiger charge is 2.48. The van der Waals surface area contributed by atoms with Gasteiger partial charge in [-0.1, -0.05) is 165 Å². The zero-order valence-corrected chi connectivity index (χ0v) is 44.5. The Bertz CT molecular complexity index is 3080. The van der Waals surface area contributed by atoms with Crippen LogP contribution in [0.3, 0.4) is 0 Å². The zero-order valence-electron chi connectivity index (χ0n) is 44.5. The highest BCUT2D eigenvalue weighted by atomic mass is 15.2. The van der Waals surface area contributed by atoms with E-state index in [1.54, 1.807) is 0 Å². The van der Waals surface area contributed by atoms with Crippen LogP contribution in [0.25, 0.3) is 11.1 Å². The molecule has 0 saturated heterocycles. The minimum atomic E-state index is -0.106. The maximum Gasteiger partial charge on any atom is 0.252 e. The minimum absolute atomic E-state index is 0.0452. The van der Waals surface area contributed by atoms with Crippen LogP contribution < -0.4 is 26.2 Å². The summed E-state index contributed by atoms with van der Waals surface area (Å²) in [6.07, 6.45) is 7.14. The summed E-state index contributed by atoms with van der Waals surface area (Å²) in [5.74, 6) is 0. The third-order valence-corrected chi connectivity index (χ3v) is 18.5. The molecule has 2 nitrogen and oxygen atoms in total. The normalized spacial score (nSPS) is 20.6. The smallest absolute Gasteiger partial charge is 0.252 e. The Hall–Kier alpha value is -5.02. The lowest BCUT2D eigenvalue weighted by molar-refractivity contribution is 0.332. The summed E-state index contributed by atoms with van der Waals surface area (Å²) in [4.78, 5) is 5.47. The Morgan fingerprint density at radius 2 is 0.868 bits per heavy atom. The van der Waals surface area contributed by atoms with Gasteiger partial charge in [-0.05, 0) is 198 Å². The average molecular weight is 897 g/mol. The van der Waals surface area contributed by atoms with Crippen molar-refractivity contribution in [3.63, 3.8) is 0 Å². The van der Waals surface area contributed by atoms with Crippen molar-refractivity contribution in [1.29, 1.82) is 0 Å². The van der Waals surface area contributed by atoms with Crippen molar-refractivity contribution in [1.82, 2.24) is 0 Å². The van der Waals surface area contributed by atoms with E-state index < -0.39 is 0 Å². The van der Waals surface area contributed by atoms with Crippen molar-refractivity contribution in [2.75, 3.05) is 9.80 Å². The molecule has 0 amide bonds. The summed E-state index contributed by atoms with van der Waals surface area (Å²) in [5.41, 5.74) is 26.8. The summed E-state index contributed by atoms with van der Waals surface area (Å²) in [6.45, 7) is 39.4. The molecule has 2 heterocycles. The van der Waals surface area contributed by atoms with Gasteiger partial charge in [-0.2, -0.15) is 0 Å². The molecule has 0 spiro atoms. The largest absolute Gasteiger partial charge is 0.311 e. The highest BCUT2D eigenvalue weighted by Crippen LogP contribution is 2.55. The lowest BCUT2D eigenvalue weighted by Gasteiger charge is -2.49. The van der Waals surface area contributed by atoms with Crippen molar-refractivity contribution in [2.24, 2.45) is 0 Å². The van der Waals surface area contributed by atoms with Crippen LogP contribution in [0.4, 0.5) is 34.1 Å². The molecule has 68 heavy (non-hydrogen) atoms. The van der Waals surface area contributed by atoms with Gasteiger partial charge in [-0.15, -0.1) is 0 Å². The van der Waals surface area contributed by atoms with Crippen molar-refractivity contribution >= 4 is 57.2 Å². The Labute approximate surface area is 411 Å². The fraction of sp³-hybridized carbons (Fsp3) is 0.446. The van der Waals surface area contributed by atoms with Gasteiger partial charge in [-0.3, -0.25) is 0 Å². The summed E-state index contributed by atoms with van der Waals surface area (Å²) >= 11 is 0. The van der Waals surface area contributed by atoms with Gasteiger partial charge in [0.05, 0.1) is 0 Å². The van der Waals surface area contributed by atoms with Crippen LogP contribution in [-0.4, -0.2) is 6.71 Å². The molecule has 5 aliphatic rings. The van der Waals surface area contributed by atoms with E-state index in [-0.39, 0.29) is 44.6 Å². The van der Waals surface area contributed by atoms with Crippen molar-refractivity contribution < 1.29 is 0 Å². The maximum atomic E-state index is 2.74. The molecule has 0 bridgehead atoms. The van der Waals surface area contributed by atoms with E-state index in [0.717, 1.165) is 0 Å². The van der Waals surface area contributed by atoms with E-state index in [2.05, 4.69) is 224 Å². The van der Waals surface area contributed by atoms with Gasteiger partial charge in [0.2, 0.25) is 0 Å². The number of benzene rings is 6. The van der Waals surface area contributed by atoms with E-state index in [9.17, 15) is 0 Å². The zero-order chi connectivity index (χ0) is 48.5. The fourth-order valence-electron chi connectivity index (χ4n) is 13.5. The molecule has 0 N–H and O–H groups in total. The van der Waals surface area contributed by atoms with Crippen LogP contribution in [0, 0.1) is 6.92 Å². The van der Waals surface area contributed by atoms with Crippen LogP contribution in [0.15, 0.2) is 103 Å². The summed E-state index contributed by atoms with van der Waals surface area (Å²) in [6, 6.07) is 41.9. The summed E-state index contributed by atoms with van der Waals surface area (Å²) in [7, 11) is 0. The number of aryl methyl sites for hydroxylation is 1. The molecule has 0 fully saturated rings. The quantitative estimate of drug-likeness (QED) is 0.163. The molecule has 350 valence electrons.